The van der Waals surface area contributed by atoms with Crippen LogP contribution in [-0.4, -0.2) is 36.3 Å². The van der Waals surface area contributed by atoms with Gasteiger partial charge >= 0.3 is 0 Å². The maximum atomic E-state index is 12.6. The van der Waals surface area contributed by atoms with Crippen molar-refractivity contribution in [2.24, 2.45) is 0 Å². The molecule has 0 aliphatic carbocycles. The number of rotatable bonds is 4. The highest BCUT2D eigenvalue weighted by Crippen LogP contribution is 2.24. The third kappa shape index (κ3) is 4.15. The SMILES string of the molecule is Cc1cc2cc(CN(C)c3ccc(N4CCCC(O)C4)cc3)c(=O)[nH]c2cc1C. The van der Waals surface area contributed by atoms with Gasteiger partial charge in [0.25, 0.3) is 5.56 Å². The van der Waals surface area contributed by atoms with E-state index in [4.69, 9.17) is 0 Å². The summed E-state index contributed by atoms with van der Waals surface area (Å²) in [5.41, 5.74) is 6.21. The van der Waals surface area contributed by atoms with E-state index in [1.54, 1.807) is 0 Å². The third-order valence-corrected chi connectivity index (χ3v) is 6.00. The first-order chi connectivity index (χ1) is 13.9. The van der Waals surface area contributed by atoms with Crippen LogP contribution in [0.4, 0.5) is 11.4 Å². The lowest BCUT2D eigenvalue weighted by atomic mass is 10.0. The molecule has 3 aromatic rings. The molecule has 1 aliphatic heterocycles. The van der Waals surface area contributed by atoms with E-state index < -0.39 is 0 Å². The number of hydrogen-bond acceptors (Lipinski definition) is 4. The predicted molar refractivity (Wildman–Crippen MR) is 120 cm³/mol. The number of aromatic amines is 1. The predicted octanol–water partition coefficient (Wildman–Crippen LogP) is 3.74. The van der Waals surface area contributed by atoms with Crippen molar-refractivity contribution in [3.63, 3.8) is 0 Å². The molecular formula is C24H29N3O2. The van der Waals surface area contributed by atoms with E-state index in [0.29, 0.717) is 13.1 Å². The Morgan fingerprint density at radius 3 is 2.59 bits per heavy atom. The van der Waals surface area contributed by atoms with Gasteiger partial charge < -0.3 is 19.9 Å². The first kappa shape index (κ1) is 19.5. The summed E-state index contributed by atoms with van der Waals surface area (Å²) in [6.07, 6.45) is 1.67. The normalized spacial score (nSPS) is 17.0. The molecule has 29 heavy (non-hydrogen) atoms. The summed E-state index contributed by atoms with van der Waals surface area (Å²) >= 11 is 0. The molecule has 2 N–H and O–H groups in total. The summed E-state index contributed by atoms with van der Waals surface area (Å²) in [7, 11) is 2.00. The average molecular weight is 392 g/mol. The number of H-pyrrole nitrogens is 1. The number of benzene rings is 2. The van der Waals surface area contributed by atoms with Crippen LogP contribution >= 0.6 is 0 Å². The van der Waals surface area contributed by atoms with E-state index in [9.17, 15) is 9.90 Å². The number of aromatic nitrogens is 1. The number of piperidine rings is 1. The number of anilines is 2. The van der Waals surface area contributed by atoms with E-state index >= 15 is 0 Å². The minimum Gasteiger partial charge on any atom is -0.391 e. The molecule has 1 unspecified atom stereocenters. The standard InChI is InChI=1S/C24H29N3O2/c1-16-11-18-13-19(24(29)25-23(18)12-17(16)2)14-26(3)20-6-8-21(9-7-20)27-10-4-5-22(28)15-27/h6-9,11-13,22,28H,4-5,10,14-15H2,1-3H3,(H,25,29). The van der Waals surface area contributed by atoms with Crippen molar-refractivity contribution < 1.29 is 5.11 Å². The Labute approximate surface area is 171 Å². The van der Waals surface area contributed by atoms with Gasteiger partial charge in [0.2, 0.25) is 0 Å². The topological polar surface area (TPSA) is 59.6 Å². The molecule has 5 nitrogen and oxygen atoms in total. The van der Waals surface area contributed by atoms with Gasteiger partial charge in [0.05, 0.1) is 6.10 Å². The summed E-state index contributed by atoms with van der Waals surface area (Å²) in [6, 6.07) is 14.5. The number of nitrogens with zero attached hydrogens (tertiary/aromatic N) is 2. The molecule has 1 aromatic heterocycles. The molecule has 0 amide bonds. The number of aryl methyl sites for hydroxylation is 2. The molecule has 0 radical (unpaired) electrons. The van der Waals surface area contributed by atoms with Gasteiger partial charge in [-0.25, -0.2) is 0 Å². The van der Waals surface area contributed by atoms with Crippen LogP contribution in [0.15, 0.2) is 47.3 Å². The van der Waals surface area contributed by atoms with Crippen molar-refractivity contribution in [3.05, 3.63) is 69.5 Å². The number of fused-ring (bicyclic) bond motifs is 1. The summed E-state index contributed by atoms with van der Waals surface area (Å²) in [6.45, 7) is 6.37. The van der Waals surface area contributed by atoms with Crippen LogP contribution in [0, 0.1) is 13.8 Å². The molecule has 2 aromatic carbocycles. The van der Waals surface area contributed by atoms with Gasteiger partial charge in [-0.2, -0.15) is 0 Å². The number of β-amino-alcohol motifs (C(OH)–C–C–N with tert-alkyl or cyclic N) is 1. The van der Waals surface area contributed by atoms with E-state index in [1.165, 1.54) is 11.1 Å². The van der Waals surface area contributed by atoms with Gasteiger partial charge in [0, 0.05) is 49.1 Å². The zero-order chi connectivity index (χ0) is 20.5. The second kappa shape index (κ2) is 7.91. The first-order valence-corrected chi connectivity index (χ1v) is 10.3. The minimum absolute atomic E-state index is 0.0356. The van der Waals surface area contributed by atoms with Gasteiger partial charge in [0.15, 0.2) is 0 Å². The molecule has 1 atom stereocenters. The van der Waals surface area contributed by atoms with Gasteiger partial charge in [-0.15, -0.1) is 0 Å². The minimum atomic E-state index is -0.238. The van der Waals surface area contributed by atoms with Crippen molar-refractivity contribution in [1.29, 1.82) is 0 Å². The summed E-state index contributed by atoms with van der Waals surface area (Å²) in [5.74, 6) is 0. The molecule has 5 heteroatoms. The van der Waals surface area contributed by atoms with Gasteiger partial charge in [-0.3, -0.25) is 4.79 Å². The monoisotopic (exact) mass is 391 g/mol. The van der Waals surface area contributed by atoms with E-state index in [0.717, 1.165) is 47.2 Å². The molecule has 1 aliphatic rings. The van der Waals surface area contributed by atoms with Gasteiger partial charge in [-0.05, 0) is 85.7 Å². The molecule has 152 valence electrons. The van der Waals surface area contributed by atoms with Crippen LogP contribution in [0.1, 0.15) is 29.5 Å². The van der Waals surface area contributed by atoms with Crippen LogP contribution in [0.25, 0.3) is 10.9 Å². The number of aliphatic hydroxyl groups excluding tert-OH is 1. The summed E-state index contributed by atoms with van der Waals surface area (Å²) in [5, 5.41) is 11.0. The van der Waals surface area contributed by atoms with Crippen molar-refractivity contribution in [2.75, 3.05) is 29.9 Å². The van der Waals surface area contributed by atoms with E-state index in [1.807, 2.05) is 19.2 Å². The molecule has 2 heterocycles. The second-order valence-corrected chi connectivity index (χ2v) is 8.26. The summed E-state index contributed by atoms with van der Waals surface area (Å²) in [4.78, 5) is 19.9. The van der Waals surface area contributed by atoms with Gasteiger partial charge in [-0.1, -0.05) is 0 Å². The molecule has 1 fully saturated rings. The van der Waals surface area contributed by atoms with Crippen molar-refractivity contribution in [1.82, 2.24) is 4.98 Å². The average Bonchev–Trinajstić information content (AvgIpc) is 2.70. The lowest BCUT2D eigenvalue weighted by Gasteiger charge is -2.32. The number of pyridine rings is 1. The quantitative estimate of drug-likeness (QED) is 0.711. The number of hydrogen-bond donors (Lipinski definition) is 2. The van der Waals surface area contributed by atoms with Crippen molar-refractivity contribution in [3.8, 4) is 0 Å². The number of nitrogens with one attached hydrogen (secondary N) is 1. The highest BCUT2D eigenvalue weighted by Gasteiger charge is 2.18. The zero-order valence-corrected chi connectivity index (χ0v) is 17.4. The maximum absolute atomic E-state index is 12.6. The van der Waals surface area contributed by atoms with Crippen LogP contribution in [0.3, 0.4) is 0 Å². The lowest BCUT2D eigenvalue weighted by molar-refractivity contribution is 0.154. The van der Waals surface area contributed by atoms with Crippen molar-refractivity contribution >= 4 is 22.3 Å². The van der Waals surface area contributed by atoms with Crippen LogP contribution in [0.5, 0.6) is 0 Å². The lowest BCUT2D eigenvalue weighted by Crippen LogP contribution is -2.38. The Balaban J connectivity index is 1.53. The number of aliphatic hydroxyl groups is 1. The molecule has 4 rings (SSSR count). The van der Waals surface area contributed by atoms with Crippen LogP contribution < -0.4 is 15.4 Å². The zero-order valence-electron chi connectivity index (χ0n) is 17.4. The Morgan fingerprint density at radius 2 is 1.86 bits per heavy atom. The first-order valence-electron chi connectivity index (χ1n) is 10.3. The molecule has 1 saturated heterocycles. The van der Waals surface area contributed by atoms with E-state index in [-0.39, 0.29) is 11.7 Å². The highest BCUT2D eigenvalue weighted by molar-refractivity contribution is 5.80. The van der Waals surface area contributed by atoms with Crippen LogP contribution in [-0.2, 0) is 6.54 Å². The fraction of sp³-hybridized carbons (Fsp3) is 0.375. The molecule has 0 saturated carbocycles. The smallest absolute Gasteiger partial charge is 0.253 e. The Morgan fingerprint density at radius 1 is 1.14 bits per heavy atom. The Kier molecular flexibility index (Phi) is 5.33. The highest BCUT2D eigenvalue weighted by atomic mass is 16.3. The fourth-order valence-corrected chi connectivity index (χ4v) is 4.09. The second-order valence-electron chi connectivity index (χ2n) is 8.26. The Hall–Kier alpha value is -2.79. The Bertz CT molecular complexity index is 1070. The molecule has 0 spiro atoms. The molecule has 0 bridgehead atoms. The molecular weight excluding hydrogens is 362 g/mol. The third-order valence-electron chi connectivity index (χ3n) is 6.00. The van der Waals surface area contributed by atoms with Crippen molar-refractivity contribution in [2.45, 2.75) is 39.3 Å². The summed E-state index contributed by atoms with van der Waals surface area (Å²) < 4.78 is 0. The van der Waals surface area contributed by atoms with Crippen LogP contribution in [0.2, 0.25) is 0 Å². The fourth-order valence-electron chi connectivity index (χ4n) is 4.09. The largest absolute Gasteiger partial charge is 0.391 e. The maximum Gasteiger partial charge on any atom is 0.253 e. The van der Waals surface area contributed by atoms with E-state index in [2.05, 4.69) is 59.0 Å². The van der Waals surface area contributed by atoms with Gasteiger partial charge in [0.1, 0.15) is 0 Å².